The van der Waals surface area contributed by atoms with E-state index < -0.39 is 64.0 Å². The molecule has 0 fully saturated rings. The molecule has 0 bridgehead atoms. The summed E-state index contributed by atoms with van der Waals surface area (Å²) in [5.41, 5.74) is -3.39. The Labute approximate surface area is 182 Å². The Hall–Kier alpha value is -2.96. The van der Waals surface area contributed by atoms with E-state index in [1.807, 2.05) is 0 Å². The zero-order valence-corrected chi connectivity index (χ0v) is 17.5. The Morgan fingerprint density at radius 2 is 1.75 bits per heavy atom. The molecule has 14 heteroatoms. The maximum absolute atomic E-state index is 14.1. The lowest BCUT2D eigenvalue weighted by molar-refractivity contribution is -0.265. The van der Waals surface area contributed by atoms with Crippen molar-refractivity contribution in [2.45, 2.75) is 39.0 Å². The number of urea groups is 1. The first-order chi connectivity index (χ1) is 14.6. The van der Waals surface area contributed by atoms with Crippen LogP contribution in [-0.4, -0.2) is 42.8 Å². The smallest absolute Gasteiger partial charge is 0.459 e. The third-order valence-electron chi connectivity index (χ3n) is 3.36. The molecule has 2 N–H and O–H groups in total. The van der Waals surface area contributed by atoms with Crippen molar-refractivity contribution < 1.29 is 50.2 Å². The van der Waals surface area contributed by atoms with Crippen molar-refractivity contribution in [2.75, 3.05) is 11.9 Å². The van der Waals surface area contributed by atoms with E-state index in [1.54, 1.807) is 5.32 Å². The van der Waals surface area contributed by atoms with Crippen LogP contribution in [0, 0.1) is 5.82 Å². The minimum absolute atomic E-state index is 0.264. The summed E-state index contributed by atoms with van der Waals surface area (Å²) in [4.78, 5) is 35.4. The predicted octanol–water partition coefficient (Wildman–Crippen LogP) is 4.81. The molecule has 2 amide bonds. The number of nitrogens with one attached hydrogen (secondary N) is 2. The Balaban J connectivity index is 3.23. The molecular weight excluding hydrogens is 474 g/mol. The highest BCUT2D eigenvalue weighted by Gasteiger charge is 2.61. The lowest BCUT2D eigenvalue weighted by Gasteiger charge is -2.23. The first-order valence-corrected chi connectivity index (χ1v) is 9.09. The van der Waals surface area contributed by atoms with E-state index in [0.717, 1.165) is 5.32 Å². The zero-order chi connectivity index (χ0) is 24.9. The summed E-state index contributed by atoms with van der Waals surface area (Å²) in [5.74, 6) is -9.52. The van der Waals surface area contributed by atoms with Crippen LogP contribution in [0.2, 0.25) is 5.02 Å². The van der Waals surface area contributed by atoms with Crippen molar-refractivity contribution in [1.29, 1.82) is 0 Å². The number of allylic oxidation sites excluding steroid dienone is 1. The average Bonchev–Trinajstić information content (AvgIpc) is 2.61. The number of carbonyl (C=O) groups excluding carboxylic acids is 3. The third-order valence-corrected chi connectivity index (χ3v) is 3.67. The molecule has 0 saturated heterocycles. The number of halogens is 7. The molecule has 0 saturated carbocycles. The molecule has 0 aromatic heterocycles. The van der Waals surface area contributed by atoms with Gasteiger partial charge in [0, 0.05) is 6.08 Å². The second-order valence-corrected chi connectivity index (χ2v) is 6.63. The van der Waals surface area contributed by atoms with E-state index in [9.17, 15) is 40.7 Å². The normalized spacial score (nSPS) is 12.4. The van der Waals surface area contributed by atoms with Gasteiger partial charge in [-0.3, -0.25) is 0 Å². The summed E-state index contributed by atoms with van der Waals surface area (Å²) in [6.07, 6.45) is -7.04. The highest BCUT2D eigenvalue weighted by atomic mass is 35.5. The van der Waals surface area contributed by atoms with Gasteiger partial charge < -0.3 is 20.1 Å². The van der Waals surface area contributed by atoms with Crippen LogP contribution >= 0.6 is 11.6 Å². The number of benzene rings is 1. The van der Waals surface area contributed by atoms with E-state index in [4.69, 9.17) is 16.3 Å². The van der Waals surface area contributed by atoms with Crippen LogP contribution in [0.1, 0.15) is 31.1 Å². The van der Waals surface area contributed by atoms with E-state index in [0.29, 0.717) is 12.1 Å². The molecule has 0 radical (unpaired) electrons. The van der Waals surface area contributed by atoms with Crippen LogP contribution in [0.5, 0.6) is 0 Å². The van der Waals surface area contributed by atoms with E-state index in [2.05, 4.69) is 4.74 Å². The summed E-state index contributed by atoms with van der Waals surface area (Å²) in [7, 11) is 0. The predicted molar refractivity (Wildman–Crippen MR) is 99.8 cm³/mol. The van der Waals surface area contributed by atoms with Gasteiger partial charge in [-0.1, -0.05) is 11.6 Å². The molecule has 1 rings (SSSR count). The number of rotatable bonds is 7. The van der Waals surface area contributed by atoms with E-state index in [1.165, 1.54) is 20.8 Å². The van der Waals surface area contributed by atoms with E-state index in [-0.39, 0.29) is 12.7 Å². The summed E-state index contributed by atoms with van der Waals surface area (Å²) in [6.45, 7) is 3.91. The van der Waals surface area contributed by atoms with Crippen molar-refractivity contribution >= 4 is 35.3 Å². The molecule has 32 heavy (non-hydrogen) atoms. The molecule has 0 aliphatic rings. The fourth-order valence-corrected chi connectivity index (χ4v) is 2.24. The van der Waals surface area contributed by atoms with Crippen molar-refractivity contribution in [1.82, 2.24) is 5.32 Å². The molecule has 0 unspecified atom stereocenters. The Kier molecular flexibility index (Phi) is 8.94. The quantitative estimate of drug-likeness (QED) is 0.325. The second kappa shape index (κ2) is 10.6. The van der Waals surface area contributed by atoms with Gasteiger partial charge in [0.25, 0.3) is 0 Å². The molecule has 7 nitrogen and oxygen atoms in total. The first kappa shape index (κ1) is 27.1. The highest BCUT2D eigenvalue weighted by molar-refractivity contribution is 6.33. The second-order valence-electron chi connectivity index (χ2n) is 6.23. The van der Waals surface area contributed by atoms with Crippen LogP contribution in [0.3, 0.4) is 0 Å². The summed E-state index contributed by atoms with van der Waals surface area (Å²) in [6, 6.07) is -0.499. The van der Waals surface area contributed by atoms with Gasteiger partial charge in [-0.2, -0.15) is 22.0 Å². The lowest BCUT2D eigenvalue weighted by atomic mass is 10.2. The topological polar surface area (TPSA) is 93.7 Å². The number of esters is 2. The average molecular weight is 491 g/mol. The summed E-state index contributed by atoms with van der Waals surface area (Å²) < 4.78 is 88.8. The van der Waals surface area contributed by atoms with Gasteiger partial charge in [-0.05, 0) is 32.9 Å². The van der Waals surface area contributed by atoms with Crippen LogP contribution in [0.15, 0.2) is 23.9 Å². The molecule has 1 aromatic rings. The van der Waals surface area contributed by atoms with Crippen LogP contribution in [0.4, 0.5) is 36.8 Å². The van der Waals surface area contributed by atoms with Gasteiger partial charge in [0.2, 0.25) is 0 Å². The molecular formula is C18H17ClF6N2O5. The van der Waals surface area contributed by atoms with Gasteiger partial charge in [0.1, 0.15) is 11.5 Å². The SMILES string of the molecule is CCOC(=O)/C=C(/NC(=O)Nc1cc(C(=O)OC(C)C)c(Cl)cc1F)C(F)(F)C(F)(F)F. The number of carbonyl (C=O) groups is 3. The van der Waals surface area contributed by atoms with Gasteiger partial charge in [-0.25, -0.2) is 18.8 Å². The van der Waals surface area contributed by atoms with Gasteiger partial charge in [0.15, 0.2) is 0 Å². The first-order valence-electron chi connectivity index (χ1n) is 8.71. The maximum Gasteiger partial charge on any atom is 0.459 e. The third kappa shape index (κ3) is 7.04. The largest absolute Gasteiger partial charge is 0.463 e. The summed E-state index contributed by atoms with van der Waals surface area (Å²) in [5, 5.41) is 2.40. The van der Waals surface area contributed by atoms with Crippen molar-refractivity contribution in [3.8, 4) is 0 Å². The molecule has 0 aliphatic carbocycles. The Morgan fingerprint density at radius 3 is 2.25 bits per heavy atom. The fraction of sp³-hybridized carbons (Fsp3) is 0.389. The van der Waals surface area contributed by atoms with Gasteiger partial charge >= 0.3 is 30.1 Å². The van der Waals surface area contributed by atoms with Gasteiger partial charge in [-0.15, -0.1) is 0 Å². The molecule has 0 heterocycles. The number of ether oxygens (including phenoxy) is 2. The van der Waals surface area contributed by atoms with Crippen LogP contribution < -0.4 is 10.6 Å². The number of anilines is 1. The number of alkyl halides is 5. The number of amides is 2. The standard InChI is InChI=1S/C18H17ClF6N2O5/c1-4-31-14(28)7-13(17(21,22)18(23,24)25)27-16(30)26-12-5-9(10(19)6-11(12)20)15(29)32-8(2)3/h5-8H,4H2,1-3H3,(H2,26,27,30)/b13-7+. The Morgan fingerprint density at radius 1 is 1.16 bits per heavy atom. The fourth-order valence-electron chi connectivity index (χ4n) is 2.01. The lowest BCUT2D eigenvalue weighted by Crippen LogP contribution is -2.46. The highest BCUT2D eigenvalue weighted by Crippen LogP contribution is 2.40. The van der Waals surface area contributed by atoms with Crippen molar-refractivity contribution in [2.24, 2.45) is 0 Å². The molecule has 0 aliphatic heterocycles. The molecule has 0 spiro atoms. The Bertz CT molecular complexity index is 918. The van der Waals surface area contributed by atoms with Gasteiger partial charge in [0.05, 0.1) is 29.0 Å². The van der Waals surface area contributed by atoms with Crippen LogP contribution in [0.25, 0.3) is 0 Å². The minimum Gasteiger partial charge on any atom is -0.463 e. The zero-order valence-electron chi connectivity index (χ0n) is 16.7. The van der Waals surface area contributed by atoms with Crippen molar-refractivity contribution in [3.05, 3.63) is 40.3 Å². The molecule has 178 valence electrons. The summed E-state index contributed by atoms with van der Waals surface area (Å²) >= 11 is 5.74. The molecule has 0 atom stereocenters. The molecule has 1 aromatic carbocycles. The maximum atomic E-state index is 14.1. The van der Waals surface area contributed by atoms with Crippen molar-refractivity contribution in [3.63, 3.8) is 0 Å². The minimum atomic E-state index is -6.18. The monoisotopic (exact) mass is 490 g/mol. The number of hydrogen-bond acceptors (Lipinski definition) is 5. The number of hydrogen-bond donors (Lipinski definition) is 2. The van der Waals surface area contributed by atoms with E-state index >= 15 is 0 Å². The van der Waals surface area contributed by atoms with Crippen LogP contribution in [-0.2, 0) is 14.3 Å².